The van der Waals surface area contributed by atoms with Crippen molar-refractivity contribution < 1.29 is 80.2 Å². The van der Waals surface area contributed by atoms with Gasteiger partial charge in [-0.15, -0.1) is 0 Å². The first-order valence-corrected chi connectivity index (χ1v) is 37.8. The Labute approximate surface area is 524 Å². The zero-order valence-corrected chi connectivity index (χ0v) is 57.6. The van der Waals surface area contributed by atoms with Crippen molar-refractivity contribution in [1.82, 2.24) is 0 Å². The summed E-state index contributed by atoms with van der Waals surface area (Å²) in [5.41, 5.74) is 0. The van der Waals surface area contributed by atoms with Crippen LogP contribution < -0.4 is 0 Å². The lowest BCUT2D eigenvalue weighted by atomic mass is 10.0. The Morgan fingerprint density at radius 2 is 0.535 bits per heavy atom. The quantitative estimate of drug-likeness (QED) is 0.0222. The summed E-state index contributed by atoms with van der Waals surface area (Å²) in [5.74, 6) is 0.0871. The Hall–Kier alpha value is -1.94. The summed E-state index contributed by atoms with van der Waals surface area (Å²) in [6.07, 6.45) is 40.6. The number of rotatable bonds is 65. The molecule has 0 amide bonds. The van der Waals surface area contributed by atoms with Crippen molar-refractivity contribution in [1.29, 1.82) is 0 Å². The van der Waals surface area contributed by atoms with Crippen LogP contribution in [0.3, 0.4) is 0 Å². The molecular weight excluding hydrogens is 1140 g/mol. The van der Waals surface area contributed by atoms with E-state index in [9.17, 15) is 43.2 Å². The fourth-order valence-electron chi connectivity index (χ4n) is 10.0. The number of esters is 4. The fraction of sp³-hybridized carbons (Fsp3) is 0.940. The molecule has 5 atom stereocenters. The van der Waals surface area contributed by atoms with Crippen molar-refractivity contribution in [2.24, 2.45) is 17.8 Å². The minimum atomic E-state index is -4.95. The summed E-state index contributed by atoms with van der Waals surface area (Å²) in [6, 6.07) is 0. The standard InChI is InChI=1S/C67H130O17P2/c1-8-9-10-11-24-34-41-48-64(69)77-54-62(84-67(72)51-44-37-30-23-27-33-40-47-60(6)7)56-81-85(73,74)79-52-61(68)53-80-86(75,76)82-57-63(55-78-65(70)49-42-35-28-22-21-26-32-39-46-59(4)5)83-66(71)50-43-36-29-20-18-16-14-12-13-15-17-19-25-31-38-45-58(2)3/h58-63,68H,8-57H2,1-7H3,(H,73,74)(H,75,76)/t61-,62+,63+/m0/s1. The molecule has 0 aromatic carbocycles. The maximum absolute atomic E-state index is 13.0. The van der Waals surface area contributed by atoms with E-state index < -0.39 is 97.5 Å². The summed E-state index contributed by atoms with van der Waals surface area (Å²) < 4.78 is 68.0. The van der Waals surface area contributed by atoms with Crippen LogP contribution in [0.1, 0.15) is 331 Å². The average molecular weight is 1270 g/mol. The van der Waals surface area contributed by atoms with E-state index in [0.29, 0.717) is 31.6 Å². The molecule has 0 rings (SSSR count). The van der Waals surface area contributed by atoms with Crippen LogP contribution in [0.15, 0.2) is 0 Å². The normalized spacial score (nSPS) is 14.3. The van der Waals surface area contributed by atoms with Crippen molar-refractivity contribution in [3.63, 3.8) is 0 Å². The van der Waals surface area contributed by atoms with Gasteiger partial charge in [0.1, 0.15) is 19.3 Å². The van der Waals surface area contributed by atoms with Crippen molar-refractivity contribution in [3.8, 4) is 0 Å². The second kappa shape index (κ2) is 58.2. The Kier molecular flexibility index (Phi) is 56.9. The predicted molar refractivity (Wildman–Crippen MR) is 344 cm³/mol. The Morgan fingerprint density at radius 3 is 0.791 bits per heavy atom. The number of aliphatic hydroxyl groups is 1. The van der Waals surface area contributed by atoms with Gasteiger partial charge in [-0.2, -0.15) is 0 Å². The van der Waals surface area contributed by atoms with Gasteiger partial charge in [-0.05, 0) is 43.4 Å². The summed E-state index contributed by atoms with van der Waals surface area (Å²) in [4.78, 5) is 72.2. The van der Waals surface area contributed by atoms with Crippen molar-refractivity contribution in [2.75, 3.05) is 39.6 Å². The van der Waals surface area contributed by atoms with Crippen LogP contribution >= 0.6 is 15.6 Å². The molecule has 86 heavy (non-hydrogen) atoms. The number of carbonyl (C=O) groups excluding carboxylic acids is 4. The van der Waals surface area contributed by atoms with E-state index in [-0.39, 0.29) is 25.7 Å². The van der Waals surface area contributed by atoms with Gasteiger partial charge in [0.25, 0.3) is 0 Å². The Balaban J connectivity index is 5.18. The van der Waals surface area contributed by atoms with Crippen molar-refractivity contribution in [3.05, 3.63) is 0 Å². The van der Waals surface area contributed by atoms with Gasteiger partial charge in [0.05, 0.1) is 26.4 Å². The number of aliphatic hydroxyl groups excluding tert-OH is 1. The largest absolute Gasteiger partial charge is 0.472 e. The molecule has 0 aliphatic carbocycles. The summed E-state index contributed by atoms with van der Waals surface area (Å²) in [7, 11) is -9.89. The number of hydrogen-bond acceptors (Lipinski definition) is 15. The van der Waals surface area contributed by atoms with E-state index in [1.54, 1.807) is 0 Å². The maximum Gasteiger partial charge on any atom is 0.472 e. The van der Waals surface area contributed by atoms with Gasteiger partial charge in [-0.1, -0.05) is 280 Å². The lowest BCUT2D eigenvalue weighted by Gasteiger charge is -2.21. The Bertz CT molecular complexity index is 1700. The van der Waals surface area contributed by atoms with Gasteiger partial charge in [0.15, 0.2) is 12.2 Å². The zero-order valence-electron chi connectivity index (χ0n) is 55.8. The topological polar surface area (TPSA) is 237 Å². The zero-order chi connectivity index (χ0) is 63.8. The third-order valence-corrected chi connectivity index (χ3v) is 17.3. The van der Waals surface area contributed by atoms with Crippen molar-refractivity contribution in [2.45, 2.75) is 349 Å². The predicted octanol–water partition coefficient (Wildman–Crippen LogP) is 18.7. The van der Waals surface area contributed by atoms with Crippen LogP contribution in [-0.2, 0) is 65.4 Å². The van der Waals surface area contributed by atoms with Crippen LogP contribution in [0, 0.1) is 17.8 Å². The molecule has 0 fully saturated rings. The van der Waals surface area contributed by atoms with E-state index in [1.807, 2.05) is 0 Å². The number of carbonyl (C=O) groups is 4. The monoisotopic (exact) mass is 1270 g/mol. The van der Waals surface area contributed by atoms with Gasteiger partial charge in [0.2, 0.25) is 0 Å². The highest BCUT2D eigenvalue weighted by Crippen LogP contribution is 2.45. The first-order valence-electron chi connectivity index (χ1n) is 34.8. The molecule has 0 saturated heterocycles. The van der Waals surface area contributed by atoms with E-state index >= 15 is 0 Å². The van der Waals surface area contributed by atoms with Crippen LogP contribution in [0.2, 0.25) is 0 Å². The van der Waals surface area contributed by atoms with Gasteiger partial charge in [0, 0.05) is 25.7 Å². The minimum absolute atomic E-state index is 0.103. The number of phosphoric ester groups is 2. The maximum atomic E-state index is 13.0. The van der Waals surface area contributed by atoms with E-state index in [1.165, 1.54) is 128 Å². The molecule has 0 spiro atoms. The van der Waals surface area contributed by atoms with Crippen LogP contribution in [-0.4, -0.2) is 96.7 Å². The van der Waals surface area contributed by atoms with Crippen LogP contribution in [0.5, 0.6) is 0 Å². The molecule has 3 N–H and O–H groups in total. The molecule has 17 nitrogen and oxygen atoms in total. The first-order chi connectivity index (χ1) is 41.2. The highest BCUT2D eigenvalue weighted by Gasteiger charge is 2.30. The molecule has 0 aliphatic rings. The smallest absolute Gasteiger partial charge is 0.462 e. The number of unbranched alkanes of at least 4 members (excludes halogenated alkanes) is 33. The Morgan fingerprint density at radius 1 is 0.314 bits per heavy atom. The lowest BCUT2D eigenvalue weighted by Crippen LogP contribution is -2.30. The molecule has 2 unspecified atom stereocenters. The average Bonchev–Trinajstić information content (AvgIpc) is 3.53. The minimum Gasteiger partial charge on any atom is -0.462 e. The first kappa shape index (κ1) is 84.1. The molecule has 0 aromatic rings. The molecule has 19 heteroatoms. The SMILES string of the molecule is CCCCCCCCCC(=O)OC[C@H](COP(=O)(O)OC[C@H](O)COP(=O)(O)OC[C@@H](COC(=O)CCCCCCCCCCC(C)C)OC(=O)CCCCCCCCCCCCCCCCCC(C)C)OC(=O)CCCCCCCCCC(C)C. The fourth-order valence-corrected chi connectivity index (χ4v) is 11.6. The van der Waals surface area contributed by atoms with Gasteiger partial charge >= 0.3 is 39.5 Å². The van der Waals surface area contributed by atoms with Crippen molar-refractivity contribution >= 4 is 39.5 Å². The second-order valence-corrected chi connectivity index (χ2v) is 28.5. The van der Waals surface area contributed by atoms with Crippen LogP contribution in [0.25, 0.3) is 0 Å². The molecule has 0 aliphatic heterocycles. The highest BCUT2D eigenvalue weighted by molar-refractivity contribution is 7.47. The van der Waals surface area contributed by atoms with Gasteiger partial charge < -0.3 is 33.8 Å². The van der Waals surface area contributed by atoms with E-state index in [4.69, 9.17) is 37.0 Å². The molecule has 0 bridgehead atoms. The third-order valence-electron chi connectivity index (χ3n) is 15.4. The lowest BCUT2D eigenvalue weighted by molar-refractivity contribution is -0.161. The summed E-state index contributed by atoms with van der Waals surface area (Å²) >= 11 is 0. The van der Waals surface area contributed by atoms with Gasteiger partial charge in [-0.25, -0.2) is 9.13 Å². The number of ether oxygens (including phenoxy) is 4. The van der Waals surface area contributed by atoms with E-state index in [2.05, 4.69) is 48.5 Å². The third kappa shape index (κ3) is 60.9. The number of phosphoric acid groups is 2. The summed E-state index contributed by atoms with van der Waals surface area (Å²) in [5, 5.41) is 10.5. The molecular formula is C67H130O17P2. The summed E-state index contributed by atoms with van der Waals surface area (Å²) in [6.45, 7) is 11.7. The molecule has 0 saturated carbocycles. The van der Waals surface area contributed by atoms with Gasteiger partial charge in [-0.3, -0.25) is 37.3 Å². The molecule has 0 aromatic heterocycles. The van der Waals surface area contributed by atoms with E-state index in [0.717, 1.165) is 115 Å². The second-order valence-electron chi connectivity index (χ2n) is 25.6. The number of hydrogen-bond donors (Lipinski definition) is 3. The highest BCUT2D eigenvalue weighted by atomic mass is 31.2. The molecule has 510 valence electrons. The van der Waals surface area contributed by atoms with Crippen LogP contribution in [0.4, 0.5) is 0 Å². The molecule has 0 heterocycles. The molecule has 0 radical (unpaired) electrons.